The van der Waals surface area contributed by atoms with Crippen LogP contribution in [-0.2, 0) is 4.79 Å². The van der Waals surface area contributed by atoms with Crippen molar-refractivity contribution in [3.8, 4) is 17.4 Å². The molecule has 5 rings (SSSR count). The van der Waals surface area contributed by atoms with Gasteiger partial charge < -0.3 is 10.1 Å². The summed E-state index contributed by atoms with van der Waals surface area (Å²) in [5, 5.41) is 7.15. The Morgan fingerprint density at radius 1 is 0.917 bits per heavy atom. The molecule has 0 bridgehead atoms. The molecule has 3 heterocycles. The molecule has 36 heavy (non-hydrogen) atoms. The molecule has 1 aliphatic heterocycles. The number of aromatic nitrogens is 4. The molecule has 0 aliphatic carbocycles. The highest BCUT2D eigenvalue weighted by Gasteiger charge is 2.36. The first kappa shape index (κ1) is 22.9. The average molecular weight is 483 g/mol. The molecule has 10 nitrogen and oxygen atoms in total. The van der Waals surface area contributed by atoms with Gasteiger partial charge in [0.2, 0.25) is 11.8 Å². The van der Waals surface area contributed by atoms with Crippen molar-refractivity contribution in [1.82, 2.24) is 24.6 Å². The van der Waals surface area contributed by atoms with Gasteiger partial charge in [0, 0.05) is 17.4 Å². The molecule has 2 aromatic carbocycles. The van der Waals surface area contributed by atoms with Crippen LogP contribution in [0.15, 0.2) is 60.7 Å². The molecular weight excluding hydrogens is 460 g/mol. The van der Waals surface area contributed by atoms with Gasteiger partial charge in [-0.05, 0) is 63.2 Å². The summed E-state index contributed by atoms with van der Waals surface area (Å²) in [7, 11) is 0. The topological polar surface area (TPSA) is 119 Å². The van der Waals surface area contributed by atoms with Crippen LogP contribution in [0.4, 0.5) is 5.69 Å². The number of amides is 3. The maximum atomic E-state index is 12.5. The summed E-state index contributed by atoms with van der Waals surface area (Å²) in [5.74, 6) is 0.550. The summed E-state index contributed by atoms with van der Waals surface area (Å²) in [4.78, 5) is 47.2. The van der Waals surface area contributed by atoms with E-state index >= 15 is 0 Å². The summed E-state index contributed by atoms with van der Waals surface area (Å²) in [5.41, 5.74) is 2.92. The Bertz CT molecular complexity index is 1470. The Balaban J connectivity index is 1.24. The summed E-state index contributed by atoms with van der Waals surface area (Å²) in [6, 6.07) is 16.8. The van der Waals surface area contributed by atoms with Crippen LogP contribution in [0.3, 0.4) is 0 Å². The van der Waals surface area contributed by atoms with Crippen LogP contribution in [0, 0.1) is 20.8 Å². The second kappa shape index (κ2) is 9.06. The molecule has 1 aliphatic rings. The fourth-order valence-corrected chi connectivity index (χ4v) is 4.00. The number of hydrogen-bond donors (Lipinski definition) is 1. The molecule has 10 heteroatoms. The van der Waals surface area contributed by atoms with Crippen molar-refractivity contribution < 1.29 is 19.1 Å². The number of nitrogens with one attached hydrogen (secondary N) is 1. The fraction of sp³-hybridized carbons (Fsp3) is 0.154. The third-order valence-corrected chi connectivity index (χ3v) is 5.57. The van der Waals surface area contributed by atoms with Gasteiger partial charge in [0.25, 0.3) is 11.8 Å². The lowest BCUT2D eigenvalue weighted by molar-refractivity contribution is -0.116. The van der Waals surface area contributed by atoms with Crippen LogP contribution in [0.1, 0.15) is 37.9 Å². The molecule has 0 spiro atoms. The predicted octanol–water partition coefficient (Wildman–Crippen LogP) is 3.61. The van der Waals surface area contributed by atoms with E-state index in [1.807, 2.05) is 19.9 Å². The minimum Gasteiger partial charge on any atom is -0.439 e. The lowest BCUT2D eigenvalue weighted by Crippen LogP contribution is -2.37. The number of carbonyl (C=O) groups is 3. The molecule has 0 radical (unpaired) electrons. The zero-order valence-corrected chi connectivity index (χ0v) is 19.8. The Kier molecular flexibility index (Phi) is 5.77. The van der Waals surface area contributed by atoms with Crippen molar-refractivity contribution in [2.75, 3.05) is 11.9 Å². The summed E-state index contributed by atoms with van der Waals surface area (Å²) in [6.07, 6.45) is 0. The number of benzene rings is 2. The van der Waals surface area contributed by atoms with Gasteiger partial charge in [-0.2, -0.15) is 10.1 Å². The normalized spacial score (nSPS) is 12.6. The van der Waals surface area contributed by atoms with Gasteiger partial charge in [0.15, 0.2) is 5.82 Å². The number of hydrogen-bond acceptors (Lipinski definition) is 7. The number of fused-ring (bicyclic) bond motifs is 1. The molecule has 180 valence electrons. The SMILES string of the molecule is Cc1cc(C)n(-c2cc(Oc3ccc(NC(=O)CN4C(=O)c5ccccc5C4=O)cc3)nc(C)n2)n1. The minimum atomic E-state index is -0.487. The van der Waals surface area contributed by atoms with Crippen molar-refractivity contribution in [2.45, 2.75) is 20.8 Å². The number of imide groups is 1. The minimum absolute atomic E-state index is 0.303. The quantitative estimate of drug-likeness (QED) is 0.417. The van der Waals surface area contributed by atoms with Crippen molar-refractivity contribution in [1.29, 1.82) is 0 Å². The van der Waals surface area contributed by atoms with Crippen molar-refractivity contribution in [2.24, 2.45) is 0 Å². The van der Waals surface area contributed by atoms with Crippen LogP contribution in [0.5, 0.6) is 11.6 Å². The Morgan fingerprint density at radius 3 is 2.19 bits per heavy atom. The highest BCUT2D eigenvalue weighted by Crippen LogP contribution is 2.25. The van der Waals surface area contributed by atoms with Crippen LogP contribution in [0.25, 0.3) is 5.82 Å². The van der Waals surface area contributed by atoms with E-state index in [9.17, 15) is 14.4 Å². The van der Waals surface area contributed by atoms with Gasteiger partial charge in [0.1, 0.15) is 18.1 Å². The Hall–Kier alpha value is -4.86. The monoisotopic (exact) mass is 482 g/mol. The highest BCUT2D eigenvalue weighted by atomic mass is 16.5. The van der Waals surface area contributed by atoms with E-state index in [1.54, 1.807) is 66.2 Å². The second-order valence-electron chi connectivity index (χ2n) is 8.37. The largest absolute Gasteiger partial charge is 0.439 e. The third-order valence-electron chi connectivity index (χ3n) is 5.57. The Labute approximate surface area is 206 Å². The molecule has 0 saturated carbocycles. The molecule has 2 aromatic heterocycles. The standard InChI is InChI=1S/C26H22N6O4/c1-15-12-16(2)32(30-15)22-13-24(28-17(3)27-22)36-19-10-8-18(9-11-19)29-23(33)14-31-25(34)20-6-4-5-7-21(20)26(31)35/h4-13H,14H2,1-3H3,(H,29,33). The van der Waals surface area contributed by atoms with Gasteiger partial charge >= 0.3 is 0 Å². The molecule has 4 aromatic rings. The summed E-state index contributed by atoms with van der Waals surface area (Å²) in [6.45, 7) is 5.25. The number of carbonyl (C=O) groups excluding carboxylic acids is 3. The predicted molar refractivity (Wildman–Crippen MR) is 130 cm³/mol. The second-order valence-corrected chi connectivity index (χ2v) is 8.37. The molecule has 1 N–H and O–H groups in total. The van der Waals surface area contributed by atoms with Crippen LogP contribution >= 0.6 is 0 Å². The van der Waals surface area contributed by atoms with E-state index in [1.165, 1.54) is 0 Å². The zero-order chi connectivity index (χ0) is 25.4. The smallest absolute Gasteiger partial charge is 0.262 e. The number of rotatable bonds is 6. The molecule has 0 fully saturated rings. The maximum absolute atomic E-state index is 12.5. The average Bonchev–Trinajstić information content (AvgIpc) is 3.31. The lowest BCUT2D eigenvalue weighted by Gasteiger charge is -2.14. The Morgan fingerprint density at radius 2 is 1.58 bits per heavy atom. The first-order valence-corrected chi connectivity index (χ1v) is 11.2. The van der Waals surface area contributed by atoms with Crippen molar-refractivity contribution >= 4 is 23.4 Å². The molecule has 0 unspecified atom stereocenters. The van der Waals surface area contributed by atoms with E-state index < -0.39 is 17.7 Å². The van der Waals surface area contributed by atoms with E-state index in [0.29, 0.717) is 40.1 Å². The number of anilines is 1. The zero-order valence-electron chi connectivity index (χ0n) is 19.8. The number of ether oxygens (including phenoxy) is 1. The highest BCUT2D eigenvalue weighted by molar-refractivity contribution is 6.22. The summed E-state index contributed by atoms with van der Waals surface area (Å²) < 4.78 is 7.62. The molecule has 0 atom stereocenters. The van der Waals surface area contributed by atoms with E-state index in [4.69, 9.17) is 4.74 Å². The van der Waals surface area contributed by atoms with Crippen LogP contribution in [-0.4, -0.2) is 48.9 Å². The molecule has 3 amide bonds. The third kappa shape index (κ3) is 4.43. The van der Waals surface area contributed by atoms with Gasteiger partial charge in [-0.3, -0.25) is 19.3 Å². The lowest BCUT2D eigenvalue weighted by atomic mass is 10.1. The van der Waals surface area contributed by atoms with Crippen molar-refractivity contribution in [3.05, 3.63) is 89.0 Å². The maximum Gasteiger partial charge on any atom is 0.262 e. The van der Waals surface area contributed by atoms with Gasteiger partial charge in [-0.25, -0.2) is 9.67 Å². The first-order chi connectivity index (χ1) is 17.3. The van der Waals surface area contributed by atoms with E-state index in [2.05, 4.69) is 20.4 Å². The van der Waals surface area contributed by atoms with E-state index in [-0.39, 0.29) is 6.54 Å². The van der Waals surface area contributed by atoms with Gasteiger partial charge in [-0.15, -0.1) is 0 Å². The van der Waals surface area contributed by atoms with Crippen LogP contribution < -0.4 is 10.1 Å². The van der Waals surface area contributed by atoms with E-state index in [0.717, 1.165) is 16.3 Å². The fourth-order valence-electron chi connectivity index (χ4n) is 4.00. The van der Waals surface area contributed by atoms with Gasteiger partial charge in [0.05, 0.1) is 16.8 Å². The number of nitrogens with zero attached hydrogens (tertiary/aromatic N) is 5. The molecule has 0 saturated heterocycles. The first-order valence-electron chi connectivity index (χ1n) is 11.2. The molecular formula is C26H22N6O4. The van der Waals surface area contributed by atoms with Crippen molar-refractivity contribution in [3.63, 3.8) is 0 Å². The number of aryl methyl sites for hydroxylation is 3. The van der Waals surface area contributed by atoms with Gasteiger partial charge in [-0.1, -0.05) is 12.1 Å². The van der Waals surface area contributed by atoms with Crippen LogP contribution in [0.2, 0.25) is 0 Å². The summed E-state index contributed by atoms with van der Waals surface area (Å²) >= 11 is 0.